The summed E-state index contributed by atoms with van der Waals surface area (Å²) in [4.78, 5) is 12.0. The third kappa shape index (κ3) is 6.40. The van der Waals surface area contributed by atoms with Crippen molar-refractivity contribution in [3.8, 4) is 5.75 Å². The van der Waals surface area contributed by atoms with Crippen LogP contribution in [0.25, 0.3) is 0 Å². The summed E-state index contributed by atoms with van der Waals surface area (Å²) in [5.41, 5.74) is -0.316. The summed E-state index contributed by atoms with van der Waals surface area (Å²) in [6.45, 7) is 6.47. The Morgan fingerprint density at radius 2 is 1.92 bits per heavy atom. The van der Waals surface area contributed by atoms with Gasteiger partial charge in [-0.25, -0.2) is 0 Å². The minimum Gasteiger partial charge on any atom is -0.493 e. The van der Waals surface area contributed by atoms with Gasteiger partial charge in [-0.05, 0) is 12.1 Å². The lowest BCUT2D eigenvalue weighted by Gasteiger charge is -2.15. The number of thioether (sulfide) groups is 2. The van der Waals surface area contributed by atoms with Crippen molar-refractivity contribution >= 4 is 29.3 Å². The van der Waals surface area contributed by atoms with Gasteiger partial charge in [-0.15, -0.1) is 10.2 Å². The number of ether oxygens (including phenoxy) is 1. The third-order valence-electron chi connectivity index (χ3n) is 3.56. The second-order valence-electron chi connectivity index (χ2n) is 6.63. The number of para-hydroxylation sites is 1. The number of rotatable bonds is 9. The molecule has 25 heavy (non-hydrogen) atoms. The van der Waals surface area contributed by atoms with Crippen LogP contribution in [0.4, 0.5) is 0 Å². The molecule has 0 bridgehead atoms. The molecule has 1 aromatic carbocycles. The molecule has 0 unspecified atom stereocenters. The van der Waals surface area contributed by atoms with Crippen LogP contribution in [-0.4, -0.2) is 38.7 Å². The van der Waals surface area contributed by atoms with E-state index in [1.165, 1.54) is 11.8 Å². The maximum Gasteiger partial charge on any atom is 0.191 e. The lowest BCUT2D eigenvalue weighted by molar-refractivity contribution is -0.123. The summed E-state index contributed by atoms with van der Waals surface area (Å²) in [6, 6.07) is 9.81. The normalized spacial score (nSPS) is 11.5. The minimum absolute atomic E-state index is 0.217. The Balaban J connectivity index is 1.72. The van der Waals surface area contributed by atoms with Crippen LogP contribution >= 0.6 is 23.5 Å². The number of ketones is 1. The van der Waals surface area contributed by atoms with Crippen LogP contribution in [0.2, 0.25) is 0 Å². The molecule has 0 aliphatic rings. The molecule has 0 saturated carbocycles. The molecule has 1 aromatic heterocycles. The Hall–Kier alpha value is -1.47. The Kier molecular flexibility index (Phi) is 7.38. The average molecular weight is 380 g/mol. The van der Waals surface area contributed by atoms with Gasteiger partial charge >= 0.3 is 0 Å². The maximum absolute atomic E-state index is 12.0. The maximum atomic E-state index is 12.0. The summed E-state index contributed by atoms with van der Waals surface area (Å²) in [5.74, 6) is 4.10. The van der Waals surface area contributed by atoms with Crippen molar-refractivity contribution in [3.05, 3.63) is 36.2 Å². The molecule has 0 aliphatic carbocycles. The van der Waals surface area contributed by atoms with E-state index in [1.807, 2.05) is 62.7 Å². The fourth-order valence-electron chi connectivity index (χ4n) is 1.84. The van der Waals surface area contributed by atoms with Crippen molar-refractivity contribution in [3.63, 3.8) is 0 Å². The average Bonchev–Trinajstić information content (AvgIpc) is 2.92. The van der Waals surface area contributed by atoms with E-state index >= 15 is 0 Å². The molecular formula is C18H25N3O2S2. The van der Waals surface area contributed by atoms with Gasteiger partial charge in [-0.3, -0.25) is 4.79 Å². The lowest BCUT2D eigenvalue weighted by Crippen LogP contribution is -2.22. The number of carbonyl (C=O) groups excluding carboxylic acids is 1. The van der Waals surface area contributed by atoms with E-state index in [1.54, 1.807) is 11.8 Å². The molecule has 0 atom stereocenters. The predicted molar refractivity (Wildman–Crippen MR) is 104 cm³/mol. The fourth-order valence-corrected chi connectivity index (χ4v) is 3.71. The summed E-state index contributed by atoms with van der Waals surface area (Å²) in [6.07, 6.45) is 0. The largest absolute Gasteiger partial charge is 0.493 e. The van der Waals surface area contributed by atoms with E-state index in [4.69, 9.17) is 4.74 Å². The molecule has 0 fully saturated rings. The smallest absolute Gasteiger partial charge is 0.191 e. The molecule has 2 aromatic rings. The lowest BCUT2D eigenvalue weighted by atomic mass is 9.92. The molecule has 136 valence electrons. The Morgan fingerprint density at radius 3 is 2.60 bits per heavy atom. The van der Waals surface area contributed by atoms with Crippen molar-refractivity contribution in [2.45, 2.75) is 31.7 Å². The standard InChI is InChI=1S/C18H25N3O2S2/c1-18(2,3)15(22)12-25-17-20-19-16(21(17)4)13-24-11-10-23-14-8-6-5-7-9-14/h5-9H,10-13H2,1-4H3. The van der Waals surface area contributed by atoms with Crippen LogP contribution in [0.3, 0.4) is 0 Å². The molecule has 1 heterocycles. The van der Waals surface area contributed by atoms with Crippen molar-refractivity contribution in [2.24, 2.45) is 12.5 Å². The van der Waals surface area contributed by atoms with Crippen molar-refractivity contribution in [1.29, 1.82) is 0 Å². The molecule has 0 aliphatic heterocycles. The molecule has 2 rings (SSSR count). The van der Waals surface area contributed by atoms with Gasteiger partial charge in [0.15, 0.2) is 5.16 Å². The highest BCUT2D eigenvalue weighted by atomic mass is 32.2. The SMILES string of the molecule is Cn1c(CSCCOc2ccccc2)nnc1SCC(=O)C(C)(C)C. The Bertz CT molecular complexity index is 681. The van der Waals surface area contributed by atoms with Crippen molar-refractivity contribution in [1.82, 2.24) is 14.8 Å². The van der Waals surface area contributed by atoms with Crippen molar-refractivity contribution < 1.29 is 9.53 Å². The molecule has 0 radical (unpaired) electrons. The van der Waals surface area contributed by atoms with Gasteiger partial charge < -0.3 is 9.30 Å². The monoisotopic (exact) mass is 379 g/mol. The molecule has 0 amide bonds. The molecule has 0 N–H and O–H groups in total. The first-order valence-corrected chi connectivity index (χ1v) is 10.3. The zero-order valence-electron chi connectivity index (χ0n) is 15.2. The van der Waals surface area contributed by atoms with Gasteiger partial charge in [-0.1, -0.05) is 50.7 Å². The highest BCUT2D eigenvalue weighted by molar-refractivity contribution is 7.99. The quantitative estimate of drug-likeness (QED) is 0.487. The third-order valence-corrected chi connectivity index (χ3v) is 5.50. The minimum atomic E-state index is -0.316. The highest BCUT2D eigenvalue weighted by Crippen LogP contribution is 2.23. The van der Waals surface area contributed by atoms with Gasteiger partial charge in [0.2, 0.25) is 0 Å². The first-order valence-electron chi connectivity index (χ1n) is 8.18. The molecule has 0 spiro atoms. The summed E-state index contributed by atoms with van der Waals surface area (Å²) in [5, 5.41) is 9.21. The number of carbonyl (C=O) groups is 1. The molecule has 0 saturated heterocycles. The van der Waals surface area contributed by atoms with E-state index < -0.39 is 0 Å². The predicted octanol–water partition coefficient (Wildman–Crippen LogP) is 3.83. The molecular weight excluding hydrogens is 354 g/mol. The van der Waals surface area contributed by atoms with E-state index in [2.05, 4.69) is 10.2 Å². The number of hydrogen-bond donors (Lipinski definition) is 0. The zero-order valence-corrected chi connectivity index (χ0v) is 16.8. The Morgan fingerprint density at radius 1 is 1.20 bits per heavy atom. The number of nitrogens with zero attached hydrogens (tertiary/aromatic N) is 3. The highest BCUT2D eigenvalue weighted by Gasteiger charge is 2.22. The van der Waals surface area contributed by atoms with Crippen LogP contribution in [0, 0.1) is 5.41 Å². The van der Waals surface area contributed by atoms with Gasteiger partial charge in [-0.2, -0.15) is 11.8 Å². The second-order valence-corrected chi connectivity index (χ2v) is 8.68. The summed E-state index contributed by atoms with van der Waals surface area (Å²) >= 11 is 3.21. The summed E-state index contributed by atoms with van der Waals surface area (Å²) in [7, 11) is 1.94. The van der Waals surface area contributed by atoms with Gasteiger partial charge in [0.05, 0.1) is 18.1 Å². The fraction of sp³-hybridized carbons (Fsp3) is 0.500. The van der Waals surface area contributed by atoms with E-state index in [9.17, 15) is 4.79 Å². The number of benzene rings is 1. The molecule has 5 nitrogen and oxygen atoms in total. The Labute approximate surface area is 157 Å². The van der Waals surface area contributed by atoms with Crippen LogP contribution < -0.4 is 4.74 Å². The topological polar surface area (TPSA) is 57.0 Å². The number of aromatic nitrogens is 3. The van der Waals surface area contributed by atoms with E-state index in [0.29, 0.717) is 12.4 Å². The van der Waals surface area contributed by atoms with Gasteiger partial charge in [0, 0.05) is 18.2 Å². The molecule has 7 heteroatoms. The van der Waals surface area contributed by atoms with Crippen LogP contribution in [0.5, 0.6) is 5.75 Å². The van der Waals surface area contributed by atoms with E-state index in [0.717, 1.165) is 28.2 Å². The van der Waals surface area contributed by atoms with Crippen LogP contribution in [0.15, 0.2) is 35.5 Å². The first-order chi connectivity index (χ1) is 11.9. The van der Waals surface area contributed by atoms with E-state index in [-0.39, 0.29) is 11.2 Å². The second kappa shape index (κ2) is 9.29. The number of Topliss-reactive ketones (excluding diaryl/α,β-unsaturated/α-hetero) is 1. The van der Waals surface area contributed by atoms with Gasteiger partial charge in [0.1, 0.15) is 17.4 Å². The van der Waals surface area contributed by atoms with Crippen LogP contribution in [0.1, 0.15) is 26.6 Å². The first kappa shape index (κ1) is 19.8. The van der Waals surface area contributed by atoms with Gasteiger partial charge in [0.25, 0.3) is 0 Å². The number of hydrogen-bond acceptors (Lipinski definition) is 6. The summed E-state index contributed by atoms with van der Waals surface area (Å²) < 4.78 is 7.63. The zero-order chi connectivity index (χ0) is 18.3. The van der Waals surface area contributed by atoms with Crippen molar-refractivity contribution in [2.75, 3.05) is 18.1 Å². The van der Waals surface area contributed by atoms with Crippen LogP contribution in [-0.2, 0) is 17.6 Å².